The summed E-state index contributed by atoms with van der Waals surface area (Å²) in [6.45, 7) is 2.19. The first-order valence-electron chi connectivity index (χ1n) is 6.03. The van der Waals surface area contributed by atoms with Gasteiger partial charge in [0, 0.05) is 5.92 Å². The lowest BCUT2D eigenvalue weighted by Crippen LogP contribution is -3.00. The van der Waals surface area contributed by atoms with Crippen LogP contribution in [-0.4, -0.2) is 13.1 Å². The molecule has 0 amide bonds. The van der Waals surface area contributed by atoms with Crippen molar-refractivity contribution in [2.24, 2.45) is 5.92 Å². The zero-order chi connectivity index (χ0) is 12.3. The lowest BCUT2D eigenvalue weighted by atomic mass is 9.92. The van der Waals surface area contributed by atoms with Crippen LogP contribution < -0.4 is 17.7 Å². The van der Waals surface area contributed by atoms with Crippen molar-refractivity contribution in [2.75, 3.05) is 13.1 Å². The molecule has 18 heavy (non-hydrogen) atoms. The maximum absolute atomic E-state index is 12.5. The first-order chi connectivity index (χ1) is 8.05. The summed E-state index contributed by atoms with van der Waals surface area (Å²) in [5, 5.41) is 2.25. The van der Waals surface area contributed by atoms with Gasteiger partial charge in [0.1, 0.15) is 0 Å². The Morgan fingerprint density at radius 3 is 2.67 bits per heavy atom. The van der Waals surface area contributed by atoms with Crippen molar-refractivity contribution in [3.63, 3.8) is 0 Å². The maximum Gasteiger partial charge on any atom is 0.416 e. The van der Waals surface area contributed by atoms with Crippen LogP contribution in [0.25, 0.3) is 0 Å². The minimum absolute atomic E-state index is 0. The van der Waals surface area contributed by atoms with Gasteiger partial charge in [-0.05, 0) is 30.9 Å². The minimum Gasteiger partial charge on any atom is -1.00 e. The van der Waals surface area contributed by atoms with Crippen LogP contribution in [0.3, 0.4) is 0 Å². The van der Waals surface area contributed by atoms with E-state index in [4.69, 9.17) is 0 Å². The third-order valence-corrected chi connectivity index (χ3v) is 3.30. The van der Waals surface area contributed by atoms with Crippen molar-refractivity contribution in [1.29, 1.82) is 0 Å². The lowest BCUT2D eigenvalue weighted by Gasteiger charge is -2.20. The molecule has 0 saturated carbocycles. The maximum atomic E-state index is 12.5. The van der Waals surface area contributed by atoms with Crippen molar-refractivity contribution in [3.05, 3.63) is 35.4 Å². The van der Waals surface area contributed by atoms with Crippen molar-refractivity contribution in [2.45, 2.75) is 25.4 Å². The highest BCUT2D eigenvalue weighted by Crippen LogP contribution is 2.30. The minimum atomic E-state index is -4.23. The SMILES string of the molecule is FC(F)(F)c1cccc(CC2CCC[NH2+]C2)c1.[Cl-]. The molecule has 1 heterocycles. The predicted molar refractivity (Wildman–Crippen MR) is 59.5 cm³/mol. The van der Waals surface area contributed by atoms with Gasteiger partial charge in [-0.1, -0.05) is 18.2 Å². The molecular formula is C13H17ClF3N. The smallest absolute Gasteiger partial charge is 0.416 e. The summed E-state index contributed by atoms with van der Waals surface area (Å²) in [6, 6.07) is 5.72. The first-order valence-corrected chi connectivity index (χ1v) is 6.03. The topological polar surface area (TPSA) is 16.6 Å². The summed E-state index contributed by atoms with van der Waals surface area (Å²) in [5.41, 5.74) is 0.273. The van der Waals surface area contributed by atoms with Crippen LogP contribution in [0, 0.1) is 5.92 Å². The third kappa shape index (κ3) is 4.18. The Morgan fingerprint density at radius 1 is 1.28 bits per heavy atom. The largest absolute Gasteiger partial charge is 1.00 e. The fourth-order valence-electron chi connectivity index (χ4n) is 2.42. The molecule has 1 unspecified atom stereocenters. The van der Waals surface area contributed by atoms with Gasteiger partial charge < -0.3 is 17.7 Å². The van der Waals surface area contributed by atoms with Crippen molar-refractivity contribution in [1.82, 2.24) is 0 Å². The average Bonchev–Trinajstić information content (AvgIpc) is 2.29. The number of hydrogen-bond donors (Lipinski definition) is 1. The quantitative estimate of drug-likeness (QED) is 0.732. The second kappa shape index (κ2) is 6.43. The zero-order valence-corrected chi connectivity index (χ0v) is 10.8. The normalized spacial score (nSPS) is 20.3. The molecule has 2 rings (SSSR count). The number of alkyl halides is 3. The first kappa shape index (κ1) is 15.3. The molecule has 0 bridgehead atoms. The van der Waals surface area contributed by atoms with E-state index in [1.165, 1.54) is 18.6 Å². The van der Waals surface area contributed by atoms with Crippen LogP contribution in [-0.2, 0) is 12.6 Å². The highest BCUT2D eigenvalue weighted by Gasteiger charge is 2.30. The zero-order valence-electron chi connectivity index (χ0n) is 10.0. The van der Waals surface area contributed by atoms with E-state index in [1.54, 1.807) is 6.07 Å². The molecule has 0 aliphatic carbocycles. The van der Waals surface area contributed by atoms with Crippen LogP contribution in [0.15, 0.2) is 24.3 Å². The molecular weight excluding hydrogens is 263 g/mol. The van der Waals surface area contributed by atoms with E-state index in [0.717, 1.165) is 37.6 Å². The van der Waals surface area contributed by atoms with Gasteiger partial charge >= 0.3 is 6.18 Å². The molecule has 0 aromatic heterocycles. The van der Waals surface area contributed by atoms with E-state index in [2.05, 4.69) is 5.32 Å². The fourth-order valence-corrected chi connectivity index (χ4v) is 2.42. The molecule has 1 atom stereocenters. The van der Waals surface area contributed by atoms with E-state index in [1.807, 2.05) is 0 Å². The molecule has 2 N–H and O–H groups in total. The van der Waals surface area contributed by atoms with Crippen molar-refractivity contribution < 1.29 is 30.9 Å². The highest BCUT2D eigenvalue weighted by molar-refractivity contribution is 5.26. The van der Waals surface area contributed by atoms with Gasteiger partial charge in [0.15, 0.2) is 0 Å². The van der Waals surface area contributed by atoms with E-state index < -0.39 is 11.7 Å². The van der Waals surface area contributed by atoms with Gasteiger partial charge in [-0.25, -0.2) is 0 Å². The summed E-state index contributed by atoms with van der Waals surface area (Å²) < 4.78 is 37.6. The van der Waals surface area contributed by atoms with Gasteiger partial charge in [0.05, 0.1) is 18.7 Å². The average molecular weight is 280 g/mol. The standard InChI is InChI=1S/C13H16F3N.ClH/c14-13(15,16)12-5-1-3-10(8-12)7-11-4-2-6-17-9-11;/h1,3,5,8,11,17H,2,4,6-7,9H2;1H. The van der Waals surface area contributed by atoms with E-state index in [9.17, 15) is 13.2 Å². The van der Waals surface area contributed by atoms with Crippen LogP contribution in [0.5, 0.6) is 0 Å². The molecule has 1 aliphatic heterocycles. The second-order valence-corrected chi connectivity index (χ2v) is 4.72. The van der Waals surface area contributed by atoms with E-state index in [0.29, 0.717) is 5.92 Å². The van der Waals surface area contributed by atoms with Gasteiger partial charge in [-0.15, -0.1) is 0 Å². The van der Waals surface area contributed by atoms with E-state index >= 15 is 0 Å². The summed E-state index contributed by atoms with van der Waals surface area (Å²) in [5.74, 6) is 0.521. The van der Waals surface area contributed by atoms with Crippen LogP contribution >= 0.6 is 0 Å². The van der Waals surface area contributed by atoms with Crippen molar-refractivity contribution in [3.8, 4) is 0 Å². The number of quaternary nitrogens is 1. The molecule has 1 aliphatic rings. The van der Waals surface area contributed by atoms with Crippen LogP contribution in [0.4, 0.5) is 13.2 Å². The van der Waals surface area contributed by atoms with Gasteiger partial charge in [0.25, 0.3) is 0 Å². The number of rotatable bonds is 2. The Morgan fingerprint density at radius 2 is 2.06 bits per heavy atom. The Kier molecular flexibility index (Phi) is 5.47. The van der Waals surface area contributed by atoms with E-state index in [-0.39, 0.29) is 12.4 Å². The number of nitrogens with two attached hydrogens (primary N) is 1. The molecule has 102 valence electrons. The Hall–Kier alpha value is -0.740. The molecule has 1 aromatic carbocycles. The highest BCUT2D eigenvalue weighted by atomic mass is 35.5. The Balaban J connectivity index is 0.00000162. The summed E-state index contributed by atoms with van der Waals surface area (Å²) in [4.78, 5) is 0. The monoisotopic (exact) mass is 279 g/mol. The molecule has 1 nitrogen and oxygen atoms in total. The van der Waals surface area contributed by atoms with Gasteiger partial charge in [-0.3, -0.25) is 0 Å². The van der Waals surface area contributed by atoms with Crippen LogP contribution in [0.1, 0.15) is 24.0 Å². The molecule has 5 heteroatoms. The lowest BCUT2D eigenvalue weighted by molar-refractivity contribution is -0.668. The third-order valence-electron chi connectivity index (χ3n) is 3.30. The molecule has 1 saturated heterocycles. The summed E-state index contributed by atoms with van der Waals surface area (Å²) in [7, 11) is 0. The predicted octanol–water partition coefficient (Wildman–Crippen LogP) is -0.775. The molecule has 1 aromatic rings. The molecule has 0 spiro atoms. The summed E-state index contributed by atoms with van der Waals surface area (Å²) >= 11 is 0. The van der Waals surface area contributed by atoms with Gasteiger partial charge in [-0.2, -0.15) is 13.2 Å². The second-order valence-electron chi connectivity index (χ2n) is 4.72. The number of piperidine rings is 1. The number of halogens is 4. The van der Waals surface area contributed by atoms with Crippen LogP contribution in [0.2, 0.25) is 0 Å². The number of hydrogen-bond acceptors (Lipinski definition) is 0. The van der Waals surface area contributed by atoms with Gasteiger partial charge in [0.2, 0.25) is 0 Å². The Bertz CT molecular complexity index is 373. The number of benzene rings is 1. The molecule has 0 radical (unpaired) electrons. The Labute approximate surface area is 111 Å². The fraction of sp³-hybridized carbons (Fsp3) is 0.538. The molecule has 1 fully saturated rings. The van der Waals surface area contributed by atoms with Crippen molar-refractivity contribution >= 4 is 0 Å². The summed E-state index contributed by atoms with van der Waals surface area (Å²) in [6.07, 6.45) is -1.16.